The zero-order valence-electron chi connectivity index (χ0n) is 11.4. The van der Waals surface area contributed by atoms with E-state index in [4.69, 9.17) is 4.74 Å². The van der Waals surface area contributed by atoms with Gasteiger partial charge in [-0.05, 0) is 19.3 Å². The lowest BCUT2D eigenvalue weighted by molar-refractivity contribution is 0.179. The number of aliphatic hydroxyl groups excluding tert-OH is 1. The molecule has 0 radical (unpaired) electrons. The van der Waals surface area contributed by atoms with Gasteiger partial charge in [0.05, 0.1) is 6.61 Å². The summed E-state index contributed by atoms with van der Waals surface area (Å²) in [4.78, 5) is 0. The fourth-order valence-corrected chi connectivity index (χ4v) is 3.05. The molecule has 0 amide bonds. The third kappa shape index (κ3) is 2.29. The van der Waals surface area contributed by atoms with Gasteiger partial charge >= 0.3 is 0 Å². The maximum absolute atomic E-state index is 9.37. The molecule has 1 saturated carbocycles. The molecule has 5 heteroatoms. The number of aromatic nitrogens is 3. The van der Waals surface area contributed by atoms with Crippen molar-refractivity contribution in [1.82, 2.24) is 14.8 Å². The Hall–Kier alpha value is -0.940. The van der Waals surface area contributed by atoms with Gasteiger partial charge in [0.2, 0.25) is 0 Å². The minimum Gasteiger partial charge on any atom is -0.388 e. The molecule has 5 nitrogen and oxygen atoms in total. The van der Waals surface area contributed by atoms with Crippen molar-refractivity contribution in [3.8, 4) is 0 Å². The molecular formula is C13H23N3O2. The predicted molar refractivity (Wildman–Crippen MR) is 68.3 cm³/mol. The molecule has 0 saturated heterocycles. The zero-order valence-corrected chi connectivity index (χ0v) is 11.4. The largest absolute Gasteiger partial charge is 0.388 e. The Labute approximate surface area is 108 Å². The van der Waals surface area contributed by atoms with Gasteiger partial charge in [-0.25, -0.2) is 0 Å². The Balaban J connectivity index is 2.33. The van der Waals surface area contributed by atoms with Crippen LogP contribution in [0, 0.1) is 0 Å². The van der Waals surface area contributed by atoms with Crippen LogP contribution in [0.25, 0.3) is 0 Å². The Morgan fingerprint density at radius 1 is 1.33 bits per heavy atom. The van der Waals surface area contributed by atoms with Crippen molar-refractivity contribution in [1.29, 1.82) is 0 Å². The van der Waals surface area contributed by atoms with Crippen LogP contribution in [0.5, 0.6) is 0 Å². The molecule has 0 aliphatic heterocycles. The van der Waals surface area contributed by atoms with E-state index in [1.165, 1.54) is 25.7 Å². The Morgan fingerprint density at radius 2 is 2.06 bits per heavy atom. The Bertz CT molecular complexity index is 384. The molecule has 0 unspecified atom stereocenters. The number of rotatable bonds is 6. The normalized spacial score (nSPS) is 18.4. The quantitative estimate of drug-likeness (QED) is 0.837. The van der Waals surface area contributed by atoms with E-state index in [9.17, 15) is 5.11 Å². The lowest BCUT2D eigenvalue weighted by atomic mass is 9.82. The second-order valence-electron chi connectivity index (χ2n) is 5.08. The van der Waals surface area contributed by atoms with Gasteiger partial charge in [0, 0.05) is 19.1 Å². The van der Waals surface area contributed by atoms with E-state index >= 15 is 0 Å². The van der Waals surface area contributed by atoms with Gasteiger partial charge in [-0.1, -0.05) is 19.8 Å². The van der Waals surface area contributed by atoms with Gasteiger partial charge in [0.15, 0.2) is 5.82 Å². The van der Waals surface area contributed by atoms with Crippen LogP contribution < -0.4 is 0 Å². The maximum Gasteiger partial charge on any atom is 0.158 e. The summed E-state index contributed by atoms with van der Waals surface area (Å²) in [6.07, 6.45) is 5.97. The standard InChI is InChI=1S/C13H23N3O2/c1-3-13(6-4-5-7-13)12-15-14-11(10-17)16(12)8-9-18-2/h17H,3-10H2,1-2H3. The number of aliphatic hydroxyl groups is 1. The molecule has 1 heterocycles. The summed E-state index contributed by atoms with van der Waals surface area (Å²) in [5.41, 5.74) is 0.161. The van der Waals surface area contributed by atoms with Crippen molar-refractivity contribution in [3.05, 3.63) is 11.6 Å². The van der Waals surface area contributed by atoms with E-state index in [0.29, 0.717) is 12.4 Å². The maximum atomic E-state index is 9.37. The van der Waals surface area contributed by atoms with Crippen LogP contribution >= 0.6 is 0 Å². The van der Waals surface area contributed by atoms with Crippen molar-refractivity contribution in [2.75, 3.05) is 13.7 Å². The molecule has 0 atom stereocenters. The Kier molecular flexibility index (Phi) is 4.35. The number of nitrogens with zero attached hydrogens (tertiary/aromatic N) is 3. The molecular weight excluding hydrogens is 230 g/mol. The average Bonchev–Trinajstić information content (AvgIpc) is 3.03. The molecule has 1 aromatic rings. The van der Waals surface area contributed by atoms with Crippen LogP contribution in [-0.4, -0.2) is 33.6 Å². The summed E-state index contributed by atoms with van der Waals surface area (Å²) in [6.45, 7) is 3.50. The predicted octanol–water partition coefficient (Wildman–Crippen LogP) is 1.64. The van der Waals surface area contributed by atoms with Gasteiger partial charge in [-0.2, -0.15) is 0 Å². The second-order valence-corrected chi connectivity index (χ2v) is 5.08. The minimum absolute atomic E-state index is 0.0590. The number of hydrogen-bond acceptors (Lipinski definition) is 4. The average molecular weight is 253 g/mol. The first-order valence-electron chi connectivity index (χ1n) is 6.80. The van der Waals surface area contributed by atoms with Crippen LogP contribution in [0.3, 0.4) is 0 Å². The molecule has 1 aliphatic carbocycles. The molecule has 102 valence electrons. The Morgan fingerprint density at radius 3 is 2.61 bits per heavy atom. The van der Waals surface area contributed by atoms with E-state index in [0.717, 1.165) is 18.8 Å². The molecule has 0 aromatic carbocycles. The number of methoxy groups -OCH3 is 1. The van der Waals surface area contributed by atoms with Crippen LogP contribution in [0.1, 0.15) is 50.7 Å². The van der Waals surface area contributed by atoms with E-state index in [1.807, 2.05) is 0 Å². The number of hydrogen-bond donors (Lipinski definition) is 1. The highest BCUT2D eigenvalue weighted by Crippen LogP contribution is 2.42. The summed E-state index contributed by atoms with van der Waals surface area (Å²) in [7, 11) is 1.69. The lowest BCUT2D eigenvalue weighted by Gasteiger charge is -2.27. The fraction of sp³-hybridized carbons (Fsp3) is 0.846. The van der Waals surface area contributed by atoms with Gasteiger partial charge in [0.1, 0.15) is 12.4 Å². The van der Waals surface area contributed by atoms with Crippen LogP contribution in [0.15, 0.2) is 0 Å². The first kappa shape index (κ1) is 13.5. The third-order valence-electron chi connectivity index (χ3n) is 4.20. The zero-order chi connectivity index (χ0) is 13.0. The molecule has 18 heavy (non-hydrogen) atoms. The van der Waals surface area contributed by atoms with Crippen LogP contribution in [0.4, 0.5) is 0 Å². The molecule has 2 rings (SSSR count). The highest BCUT2D eigenvalue weighted by Gasteiger charge is 2.38. The molecule has 1 N–H and O–H groups in total. The molecule has 0 spiro atoms. The van der Waals surface area contributed by atoms with Crippen molar-refractivity contribution >= 4 is 0 Å². The van der Waals surface area contributed by atoms with Gasteiger partial charge in [0.25, 0.3) is 0 Å². The van der Waals surface area contributed by atoms with Crippen LogP contribution in [-0.2, 0) is 23.3 Å². The second kappa shape index (κ2) is 5.80. The molecule has 0 bridgehead atoms. The molecule has 1 fully saturated rings. The fourth-order valence-electron chi connectivity index (χ4n) is 3.05. The lowest BCUT2D eigenvalue weighted by Crippen LogP contribution is -2.27. The van der Waals surface area contributed by atoms with Crippen molar-refractivity contribution in [2.24, 2.45) is 0 Å². The summed E-state index contributed by atoms with van der Waals surface area (Å²) < 4.78 is 7.19. The number of ether oxygens (including phenoxy) is 1. The van der Waals surface area contributed by atoms with E-state index in [2.05, 4.69) is 21.7 Å². The molecule has 1 aromatic heterocycles. The van der Waals surface area contributed by atoms with Crippen molar-refractivity contribution < 1.29 is 9.84 Å². The monoisotopic (exact) mass is 253 g/mol. The first-order chi connectivity index (χ1) is 8.77. The minimum atomic E-state index is -0.0590. The van der Waals surface area contributed by atoms with Crippen LogP contribution in [0.2, 0.25) is 0 Å². The van der Waals surface area contributed by atoms with Crippen molar-refractivity contribution in [3.63, 3.8) is 0 Å². The SMILES string of the molecule is CCC1(c2nnc(CO)n2CCOC)CCCC1. The van der Waals surface area contributed by atoms with E-state index in [-0.39, 0.29) is 12.0 Å². The summed E-state index contributed by atoms with van der Waals surface area (Å²) in [5, 5.41) is 17.9. The highest BCUT2D eigenvalue weighted by atomic mass is 16.5. The van der Waals surface area contributed by atoms with Crippen molar-refractivity contribution in [2.45, 2.75) is 57.6 Å². The van der Waals surface area contributed by atoms with E-state index in [1.54, 1.807) is 7.11 Å². The highest BCUT2D eigenvalue weighted by molar-refractivity contribution is 5.13. The summed E-state index contributed by atoms with van der Waals surface area (Å²) in [5.74, 6) is 1.70. The van der Waals surface area contributed by atoms with Gasteiger partial charge < -0.3 is 14.4 Å². The van der Waals surface area contributed by atoms with E-state index < -0.39 is 0 Å². The third-order valence-corrected chi connectivity index (χ3v) is 4.20. The summed E-state index contributed by atoms with van der Waals surface area (Å²) >= 11 is 0. The smallest absolute Gasteiger partial charge is 0.158 e. The first-order valence-corrected chi connectivity index (χ1v) is 6.80. The van der Waals surface area contributed by atoms with Gasteiger partial charge in [-0.15, -0.1) is 10.2 Å². The van der Waals surface area contributed by atoms with Gasteiger partial charge in [-0.3, -0.25) is 0 Å². The summed E-state index contributed by atoms with van der Waals surface area (Å²) in [6, 6.07) is 0. The topological polar surface area (TPSA) is 60.2 Å². The molecule has 1 aliphatic rings.